The van der Waals surface area contributed by atoms with Gasteiger partial charge in [0.05, 0.1) is 25.4 Å². The predicted octanol–water partition coefficient (Wildman–Crippen LogP) is 1.15. The minimum Gasteiger partial charge on any atom is -0.395 e. The van der Waals surface area contributed by atoms with Crippen LogP contribution in [-0.2, 0) is 4.74 Å². The Labute approximate surface area is 168 Å². The number of nitrogens with zero attached hydrogens (tertiary/aromatic N) is 1. The zero-order valence-electron chi connectivity index (χ0n) is 17.1. The molecule has 5 rings (SSSR count). The first-order chi connectivity index (χ1) is 13.5. The third-order valence-corrected chi connectivity index (χ3v) is 8.02. The molecule has 1 saturated heterocycles. The average molecular weight is 398 g/mol. The number of unbranched alkanes of at least 4 members (excludes halogenated alkanes) is 2. The molecular weight excluding hydrogens is 358 g/mol. The highest BCUT2D eigenvalue weighted by Crippen LogP contribution is 2.60. The van der Waals surface area contributed by atoms with Crippen LogP contribution in [0, 0.1) is 23.2 Å². The lowest BCUT2D eigenvalue weighted by atomic mass is 9.50. The van der Waals surface area contributed by atoms with Crippen LogP contribution in [0.3, 0.4) is 0 Å². The summed E-state index contributed by atoms with van der Waals surface area (Å²) in [5.74, 6) is 2.93. The predicted molar refractivity (Wildman–Crippen MR) is 106 cm³/mol. The van der Waals surface area contributed by atoms with Crippen LogP contribution < -0.4 is 0 Å². The Kier molecular flexibility index (Phi) is 6.65. The summed E-state index contributed by atoms with van der Waals surface area (Å²) >= 11 is 0. The lowest BCUT2D eigenvalue weighted by molar-refractivity contribution is -0.145. The van der Waals surface area contributed by atoms with Gasteiger partial charge in [0.2, 0.25) is 0 Å². The number of hydrogen-bond acceptors (Lipinski definition) is 6. The van der Waals surface area contributed by atoms with E-state index in [0.29, 0.717) is 18.5 Å². The third-order valence-electron chi connectivity index (χ3n) is 8.02. The maximum absolute atomic E-state index is 10.0. The number of β-amino-alcohol motifs (C(OH)–C–C–N with tert-alkyl or cyclic N) is 1. The molecule has 5 fully saturated rings. The van der Waals surface area contributed by atoms with E-state index in [1.54, 1.807) is 0 Å². The SMILES string of the molecule is OC[C@@H]1[C@H](O)[C@H](O)[C@H](O)CN1CCCCCOCC12CC3CC(CC(C3)C1)C2. The van der Waals surface area contributed by atoms with E-state index in [1.165, 1.54) is 38.5 Å². The molecule has 5 aliphatic rings. The molecule has 6 nitrogen and oxygen atoms in total. The highest BCUT2D eigenvalue weighted by Gasteiger charge is 2.50. The van der Waals surface area contributed by atoms with Crippen molar-refractivity contribution in [3.05, 3.63) is 0 Å². The molecule has 162 valence electrons. The summed E-state index contributed by atoms with van der Waals surface area (Å²) < 4.78 is 6.13. The molecule has 0 radical (unpaired) electrons. The number of hydrogen-bond donors (Lipinski definition) is 4. The molecular formula is C22H39NO5. The highest BCUT2D eigenvalue weighted by molar-refractivity contribution is 5.01. The molecule has 0 unspecified atom stereocenters. The van der Waals surface area contributed by atoms with Gasteiger partial charge < -0.3 is 25.2 Å². The summed E-state index contributed by atoms with van der Waals surface area (Å²) in [7, 11) is 0. The number of aliphatic hydroxyl groups excluding tert-OH is 4. The molecule has 0 aromatic heterocycles. The molecule has 4 saturated carbocycles. The van der Waals surface area contributed by atoms with Crippen LogP contribution in [0.25, 0.3) is 0 Å². The van der Waals surface area contributed by atoms with Crippen LogP contribution >= 0.6 is 0 Å². The van der Waals surface area contributed by atoms with Gasteiger partial charge in [0.25, 0.3) is 0 Å². The van der Waals surface area contributed by atoms with Crippen molar-refractivity contribution in [2.75, 3.05) is 32.9 Å². The molecule has 1 heterocycles. The van der Waals surface area contributed by atoms with Gasteiger partial charge in [-0.1, -0.05) is 0 Å². The third kappa shape index (κ3) is 4.42. The van der Waals surface area contributed by atoms with E-state index >= 15 is 0 Å². The second kappa shape index (κ2) is 8.86. The smallest absolute Gasteiger partial charge is 0.109 e. The van der Waals surface area contributed by atoms with E-state index in [2.05, 4.69) is 0 Å². The van der Waals surface area contributed by atoms with Gasteiger partial charge in [0.15, 0.2) is 0 Å². The van der Waals surface area contributed by atoms with Crippen LogP contribution in [0.2, 0.25) is 0 Å². The molecule has 4 N–H and O–H groups in total. The van der Waals surface area contributed by atoms with E-state index < -0.39 is 24.4 Å². The maximum Gasteiger partial charge on any atom is 0.109 e. The highest BCUT2D eigenvalue weighted by atomic mass is 16.5. The Morgan fingerprint density at radius 3 is 2.11 bits per heavy atom. The van der Waals surface area contributed by atoms with Gasteiger partial charge in [0, 0.05) is 13.2 Å². The van der Waals surface area contributed by atoms with Crippen molar-refractivity contribution in [3.8, 4) is 0 Å². The fraction of sp³-hybridized carbons (Fsp3) is 1.00. The number of aliphatic hydroxyl groups is 4. The van der Waals surface area contributed by atoms with E-state index in [4.69, 9.17) is 4.74 Å². The van der Waals surface area contributed by atoms with Crippen LogP contribution in [0.1, 0.15) is 57.8 Å². The summed E-state index contributed by atoms with van der Waals surface area (Å²) in [6, 6.07) is -0.495. The fourth-order valence-corrected chi connectivity index (χ4v) is 7.09. The number of rotatable bonds is 9. The average Bonchev–Trinajstić information content (AvgIpc) is 2.64. The molecule has 4 atom stereocenters. The van der Waals surface area contributed by atoms with Crippen molar-refractivity contribution < 1.29 is 25.2 Å². The van der Waals surface area contributed by atoms with E-state index in [9.17, 15) is 20.4 Å². The largest absolute Gasteiger partial charge is 0.395 e. The molecule has 4 aliphatic carbocycles. The van der Waals surface area contributed by atoms with E-state index in [1.807, 2.05) is 4.90 Å². The lowest BCUT2D eigenvalue weighted by Gasteiger charge is -2.56. The minimum absolute atomic E-state index is 0.209. The van der Waals surface area contributed by atoms with Gasteiger partial charge in [-0.05, 0) is 87.5 Å². The topological polar surface area (TPSA) is 93.4 Å². The summed E-state index contributed by atoms with van der Waals surface area (Å²) in [6.45, 7) is 2.56. The van der Waals surface area contributed by atoms with Crippen molar-refractivity contribution in [2.45, 2.75) is 82.1 Å². The second-order valence-corrected chi connectivity index (χ2v) is 10.3. The molecule has 4 bridgehead atoms. The molecule has 0 spiro atoms. The Hall–Kier alpha value is -0.240. The monoisotopic (exact) mass is 397 g/mol. The Morgan fingerprint density at radius 2 is 1.50 bits per heavy atom. The Balaban J connectivity index is 1.11. The van der Waals surface area contributed by atoms with Crippen LogP contribution in [0.15, 0.2) is 0 Å². The van der Waals surface area contributed by atoms with Crippen LogP contribution in [0.5, 0.6) is 0 Å². The minimum atomic E-state index is -1.17. The summed E-state index contributed by atoms with van der Waals surface area (Å²) in [5, 5.41) is 39.2. The van der Waals surface area contributed by atoms with Gasteiger partial charge in [-0.15, -0.1) is 0 Å². The van der Waals surface area contributed by atoms with Gasteiger partial charge in [-0.25, -0.2) is 0 Å². The second-order valence-electron chi connectivity index (χ2n) is 10.3. The molecule has 6 heteroatoms. The normalized spacial score (nSPS) is 45.6. The summed E-state index contributed by atoms with van der Waals surface area (Å²) in [4.78, 5) is 1.90. The first kappa shape index (κ1) is 21.0. The van der Waals surface area contributed by atoms with E-state index in [-0.39, 0.29) is 6.61 Å². The van der Waals surface area contributed by atoms with Gasteiger partial charge >= 0.3 is 0 Å². The Bertz CT molecular complexity index is 480. The van der Waals surface area contributed by atoms with Gasteiger partial charge in [-0.3, -0.25) is 4.90 Å². The number of ether oxygens (including phenoxy) is 1. The van der Waals surface area contributed by atoms with Crippen molar-refractivity contribution in [2.24, 2.45) is 23.2 Å². The molecule has 0 aromatic carbocycles. The van der Waals surface area contributed by atoms with Crippen LogP contribution in [-0.4, -0.2) is 82.6 Å². The quantitative estimate of drug-likeness (QED) is 0.436. The molecule has 0 aromatic rings. The van der Waals surface area contributed by atoms with Crippen molar-refractivity contribution in [3.63, 3.8) is 0 Å². The zero-order chi connectivity index (χ0) is 19.7. The molecule has 0 amide bonds. The lowest BCUT2D eigenvalue weighted by Crippen LogP contribution is -2.62. The zero-order valence-corrected chi connectivity index (χ0v) is 17.1. The number of piperidine rings is 1. The van der Waals surface area contributed by atoms with Crippen molar-refractivity contribution in [1.29, 1.82) is 0 Å². The maximum atomic E-state index is 10.0. The van der Waals surface area contributed by atoms with E-state index in [0.717, 1.165) is 50.2 Å². The Morgan fingerprint density at radius 1 is 0.857 bits per heavy atom. The fourth-order valence-electron chi connectivity index (χ4n) is 7.09. The molecule has 1 aliphatic heterocycles. The molecule has 28 heavy (non-hydrogen) atoms. The standard InChI is InChI=1S/C22H39NO5/c24-13-18-20(26)21(27)19(25)12-23(18)4-2-1-3-5-28-14-22-9-15-6-16(10-22)8-17(7-15)11-22/h15-21,24-27H,1-14H2/t15?,16?,17?,18-,19-,20+,21-,22?/m1/s1. The van der Waals surface area contributed by atoms with Crippen molar-refractivity contribution in [1.82, 2.24) is 4.90 Å². The van der Waals surface area contributed by atoms with Gasteiger partial charge in [0.1, 0.15) is 12.2 Å². The first-order valence-electron chi connectivity index (χ1n) is 11.5. The number of likely N-dealkylation sites (tertiary alicyclic amines) is 1. The summed E-state index contributed by atoms with van der Waals surface area (Å²) in [5.41, 5.74) is 0.490. The first-order valence-corrected chi connectivity index (χ1v) is 11.5. The summed E-state index contributed by atoms with van der Waals surface area (Å²) in [6.07, 6.45) is 8.38. The van der Waals surface area contributed by atoms with Gasteiger partial charge in [-0.2, -0.15) is 0 Å². The van der Waals surface area contributed by atoms with Crippen LogP contribution in [0.4, 0.5) is 0 Å². The van der Waals surface area contributed by atoms with Crippen molar-refractivity contribution >= 4 is 0 Å².